The van der Waals surface area contributed by atoms with Gasteiger partial charge in [0.2, 0.25) is 0 Å². The van der Waals surface area contributed by atoms with Gasteiger partial charge in [-0.05, 0) is 69.1 Å². The van der Waals surface area contributed by atoms with E-state index in [0.717, 1.165) is 47.7 Å². The van der Waals surface area contributed by atoms with E-state index in [1.54, 1.807) is 6.07 Å². The van der Waals surface area contributed by atoms with E-state index in [-0.39, 0.29) is 5.43 Å². The van der Waals surface area contributed by atoms with Crippen LogP contribution < -0.4 is 5.43 Å². The Kier molecular flexibility index (Phi) is 4.39. The molecular weight excluding hydrogens is 294 g/mol. The summed E-state index contributed by atoms with van der Waals surface area (Å²) in [6, 6.07) is 9.94. The first-order valence-corrected chi connectivity index (χ1v) is 8.38. The van der Waals surface area contributed by atoms with E-state index in [2.05, 4.69) is 17.1 Å². The number of H-pyrrole nitrogens is 1. The van der Waals surface area contributed by atoms with Crippen LogP contribution in [0, 0.1) is 13.8 Å². The number of hydrogen-bond donors (Lipinski definition) is 1. The van der Waals surface area contributed by atoms with Crippen molar-refractivity contribution in [1.29, 1.82) is 0 Å². The van der Waals surface area contributed by atoms with Gasteiger partial charge in [0, 0.05) is 28.0 Å². The number of nitrogens with one attached hydrogen (secondary N) is 1. The van der Waals surface area contributed by atoms with E-state index in [9.17, 15) is 4.79 Å². The minimum absolute atomic E-state index is 0.198. The van der Waals surface area contributed by atoms with Gasteiger partial charge in [-0.25, -0.2) is 0 Å². The summed E-state index contributed by atoms with van der Waals surface area (Å²) in [4.78, 5) is 15.6. The lowest BCUT2D eigenvalue weighted by atomic mass is 9.76. The quantitative estimate of drug-likeness (QED) is 0.823. The van der Waals surface area contributed by atoms with Gasteiger partial charge in [-0.2, -0.15) is 0 Å². The Morgan fingerprint density at radius 2 is 1.59 bits per heavy atom. The lowest BCUT2D eigenvalue weighted by molar-refractivity contribution is 0.393. The van der Waals surface area contributed by atoms with Gasteiger partial charge in [0.1, 0.15) is 0 Å². The molecule has 0 atom stereocenters. The molecule has 3 heteroatoms. The number of halogens is 1. The van der Waals surface area contributed by atoms with E-state index in [4.69, 9.17) is 11.6 Å². The van der Waals surface area contributed by atoms with Gasteiger partial charge in [-0.1, -0.05) is 23.7 Å². The fourth-order valence-electron chi connectivity index (χ4n) is 3.82. The van der Waals surface area contributed by atoms with Crippen molar-refractivity contribution in [3.63, 3.8) is 0 Å². The van der Waals surface area contributed by atoms with Crippen LogP contribution in [-0.2, 0) is 0 Å². The van der Waals surface area contributed by atoms with E-state index < -0.39 is 0 Å². The van der Waals surface area contributed by atoms with Crippen LogP contribution in [0.4, 0.5) is 0 Å². The molecule has 0 unspecified atom stereocenters. The van der Waals surface area contributed by atoms with Crippen molar-refractivity contribution in [3.8, 4) is 0 Å². The van der Waals surface area contributed by atoms with E-state index in [1.807, 2.05) is 26.0 Å². The average Bonchev–Trinajstić information content (AvgIpc) is 2.48. The Hall–Kier alpha value is -1.54. The standard InChI is InChI=1S/C19H22ClNO/c1-12-11-18(22)19(13(2)21-12)16-5-3-14(4-6-16)15-7-9-17(20)10-8-15/h7-11,14,16H,3-6H2,1-2H3,(H,21,22)/t14-,16-. The molecule has 1 aromatic heterocycles. The topological polar surface area (TPSA) is 32.9 Å². The van der Waals surface area contributed by atoms with Gasteiger partial charge in [0.25, 0.3) is 0 Å². The number of aryl methyl sites for hydroxylation is 2. The molecule has 0 amide bonds. The lowest BCUT2D eigenvalue weighted by Crippen LogP contribution is -2.21. The SMILES string of the molecule is Cc1cc(=O)c([C@H]2CC[C@H](c3ccc(Cl)cc3)CC2)c(C)[nH]1. The number of pyridine rings is 1. The third-order valence-electron chi connectivity index (χ3n) is 4.88. The Bertz CT molecular complexity index is 709. The highest BCUT2D eigenvalue weighted by Crippen LogP contribution is 2.40. The van der Waals surface area contributed by atoms with Crippen LogP contribution in [0.1, 0.15) is 60.0 Å². The van der Waals surface area contributed by atoms with Gasteiger partial charge in [-0.15, -0.1) is 0 Å². The molecular formula is C19H22ClNO. The molecule has 1 aliphatic rings. The third kappa shape index (κ3) is 3.12. The summed E-state index contributed by atoms with van der Waals surface area (Å²) >= 11 is 5.96. The van der Waals surface area contributed by atoms with Gasteiger partial charge < -0.3 is 4.98 Å². The van der Waals surface area contributed by atoms with Crippen LogP contribution in [-0.4, -0.2) is 4.98 Å². The Labute approximate surface area is 136 Å². The van der Waals surface area contributed by atoms with Crippen molar-refractivity contribution < 1.29 is 0 Å². The van der Waals surface area contributed by atoms with Gasteiger partial charge >= 0.3 is 0 Å². The maximum absolute atomic E-state index is 12.3. The maximum atomic E-state index is 12.3. The summed E-state index contributed by atoms with van der Waals surface area (Å²) in [5.74, 6) is 0.992. The van der Waals surface area contributed by atoms with Crippen LogP contribution in [0.2, 0.25) is 5.02 Å². The van der Waals surface area contributed by atoms with Crippen LogP contribution in [0.3, 0.4) is 0 Å². The zero-order valence-corrected chi connectivity index (χ0v) is 13.9. The molecule has 22 heavy (non-hydrogen) atoms. The number of benzene rings is 1. The van der Waals surface area contributed by atoms with Crippen LogP contribution in [0.25, 0.3) is 0 Å². The molecule has 1 heterocycles. The fraction of sp³-hybridized carbons (Fsp3) is 0.421. The predicted octanol–water partition coefficient (Wildman–Crippen LogP) is 5.09. The predicted molar refractivity (Wildman–Crippen MR) is 91.9 cm³/mol. The molecule has 1 fully saturated rings. The van der Waals surface area contributed by atoms with E-state index in [0.29, 0.717) is 11.8 Å². The van der Waals surface area contributed by atoms with Crippen molar-refractivity contribution in [3.05, 3.63) is 68.1 Å². The molecule has 1 N–H and O–H groups in total. The summed E-state index contributed by atoms with van der Waals surface area (Å²) in [6.45, 7) is 3.96. The van der Waals surface area contributed by atoms with Crippen molar-refractivity contribution in [2.24, 2.45) is 0 Å². The highest BCUT2D eigenvalue weighted by Gasteiger charge is 2.26. The second-order valence-corrected chi connectivity index (χ2v) is 6.89. The molecule has 2 aromatic rings. The Balaban J connectivity index is 1.75. The van der Waals surface area contributed by atoms with Crippen LogP contribution in [0.5, 0.6) is 0 Å². The smallest absolute Gasteiger partial charge is 0.185 e. The maximum Gasteiger partial charge on any atom is 0.185 e. The average molecular weight is 316 g/mol. The molecule has 0 spiro atoms. The largest absolute Gasteiger partial charge is 0.362 e. The summed E-state index contributed by atoms with van der Waals surface area (Å²) in [5.41, 5.74) is 4.56. The van der Waals surface area contributed by atoms with Crippen LogP contribution >= 0.6 is 11.6 Å². The first kappa shape index (κ1) is 15.4. The van der Waals surface area contributed by atoms with Crippen molar-refractivity contribution in [2.75, 3.05) is 0 Å². The highest BCUT2D eigenvalue weighted by atomic mass is 35.5. The second-order valence-electron chi connectivity index (χ2n) is 6.46. The van der Waals surface area contributed by atoms with Gasteiger partial charge in [-0.3, -0.25) is 4.79 Å². The number of aromatic nitrogens is 1. The summed E-state index contributed by atoms with van der Waals surface area (Å²) in [5, 5.41) is 0.791. The minimum atomic E-state index is 0.198. The molecule has 1 aliphatic carbocycles. The Morgan fingerprint density at radius 1 is 1.00 bits per heavy atom. The molecule has 0 radical (unpaired) electrons. The third-order valence-corrected chi connectivity index (χ3v) is 5.13. The first-order valence-electron chi connectivity index (χ1n) is 8.00. The van der Waals surface area contributed by atoms with Gasteiger partial charge in [0.05, 0.1) is 0 Å². The molecule has 1 aromatic carbocycles. The first-order chi connectivity index (χ1) is 10.5. The minimum Gasteiger partial charge on any atom is -0.362 e. The molecule has 0 aliphatic heterocycles. The molecule has 116 valence electrons. The number of rotatable bonds is 2. The normalized spacial score (nSPS) is 21.8. The summed E-state index contributed by atoms with van der Waals surface area (Å²) < 4.78 is 0. The molecule has 3 rings (SSSR count). The summed E-state index contributed by atoms with van der Waals surface area (Å²) in [6.07, 6.45) is 4.44. The Morgan fingerprint density at radius 3 is 2.18 bits per heavy atom. The number of hydrogen-bond acceptors (Lipinski definition) is 1. The van der Waals surface area contributed by atoms with Crippen LogP contribution in [0.15, 0.2) is 35.1 Å². The fourth-order valence-corrected chi connectivity index (χ4v) is 3.94. The molecule has 0 saturated heterocycles. The monoisotopic (exact) mass is 315 g/mol. The zero-order valence-electron chi connectivity index (χ0n) is 13.2. The molecule has 2 nitrogen and oxygen atoms in total. The lowest BCUT2D eigenvalue weighted by Gasteiger charge is -2.29. The second kappa shape index (κ2) is 6.29. The van der Waals surface area contributed by atoms with Gasteiger partial charge in [0.15, 0.2) is 5.43 Å². The van der Waals surface area contributed by atoms with Crippen molar-refractivity contribution >= 4 is 11.6 Å². The summed E-state index contributed by atoms with van der Waals surface area (Å²) in [7, 11) is 0. The molecule has 0 bridgehead atoms. The molecule has 1 saturated carbocycles. The van der Waals surface area contributed by atoms with Crippen molar-refractivity contribution in [1.82, 2.24) is 4.98 Å². The van der Waals surface area contributed by atoms with Crippen molar-refractivity contribution in [2.45, 2.75) is 51.4 Å². The zero-order chi connectivity index (χ0) is 15.7. The highest BCUT2D eigenvalue weighted by molar-refractivity contribution is 6.30. The van der Waals surface area contributed by atoms with E-state index in [1.165, 1.54) is 5.56 Å². The number of aromatic amines is 1. The van der Waals surface area contributed by atoms with E-state index >= 15 is 0 Å².